The van der Waals surface area contributed by atoms with Crippen molar-refractivity contribution in [1.82, 2.24) is 20.1 Å². The summed E-state index contributed by atoms with van der Waals surface area (Å²) < 4.78 is 7.06. The average molecular weight is 417 g/mol. The van der Waals surface area contributed by atoms with Crippen molar-refractivity contribution in [3.8, 4) is 17.1 Å². The fraction of sp³-hybridized carbons (Fsp3) is 0.250. The molecule has 8 heteroatoms. The first-order chi connectivity index (χ1) is 13.5. The van der Waals surface area contributed by atoms with Gasteiger partial charge in [-0.15, -0.1) is 10.2 Å². The third-order valence-corrected chi connectivity index (χ3v) is 5.75. The van der Waals surface area contributed by atoms with Crippen molar-refractivity contribution in [3.05, 3.63) is 59.1 Å². The van der Waals surface area contributed by atoms with Gasteiger partial charge >= 0.3 is 0 Å². The smallest absolute Gasteiger partial charge is 0.233 e. The van der Waals surface area contributed by atoms with Crippen molar-refractivity contribution >= 4 is 29.3 Å². The Bertz CT molecular complexity index is 959. The highest BCUT2D eigenvalue weighted by Crippen LogP contribution is 2.27. The number of halogens is 1. The summed E-state index contributed by atoms with van der Waals surface area (Å²) in [6.45, 7) is 2.23. The number of ether oxygens (including phenoxy) is 1. The molecule has 0 aliphatic rings. The van der Waals surface area contributed by atoms with Gasteiger partial charge in [-0.2, -0.15) is 0 Å². The Hall–Kier alpha value is -2.51. The molecule has 0 spiro atoms. The van der Waals surface area contributed by atoms with Gasteiger partial charge in [0.25, 0.3) is 0 Å². The molecule has 0 fully saturated rings. The normalized spacial score (nSPS) is 11.9. The van der Waals surface area contributed by atoms with Gasteiger partial charge in [0.05, 0.1) is 12.4 Å². The molecule has 1 N–H and O–H groups in total. The van der Waals surface area contributed by atoms with E-state index in [1.807, 2.05) is 67.1 Å². The summed E-state index contributed by atoms with van der Waals surface area (Å²) in [6.07, 6.45) is 0. The van der Waals surface area contributed by atoms with Crippen LogP contribution in [0.4, 0.5) is 0 Å². The average Bonchev–Trinajstić information content (AvgIpc) is 3.07. The summed E-state index contributed by atoms with van der Waals surface area (Å²) in [6, 6.07) is 15.1. The van der Waals surface area contributed by atoms with Crippen molar-refractivity contribution in [2.24, 2.45) is 7.05 Å². The molecule has 28 heavy (non-hydrogen) atoms. The zero-order chi connectivity index (χ0) is 20.1. The van der Waals surface area contributed by atoms with Crippen LogP contribution in [0, 0.1) is 0 Å². The van der Waals surface area contributed by atoms with E-state index in [-0.39, 0.29) is 11.2 Å². The first-order valence-corrected chi connectivity index (χ1v) is 9.97. The minimum Gasteiger partial charge on any atom is -0.497 e. The van der Waals surface area contributed by atoms with Crippen LogP contribution in [0.25, 0.3) is 11.4 Å². The number of carbonyl (C=O) groups excluding carboxylic acids is 1. The second-order valence-electron chi connectivity index (χ2n) is 6.16. The highest BCUT2D eigenvalue weighted by molar-refractivity contribution is 8.00. The molecule has 0 aliphatic carbocycles. The molecule has 1 amide bonds. The van der Waals surface area contributed by atoms with E-state index in [9.17, 15) is 4.79 Å². The predicted octanol–water partition coefficient (Wildman–Crippen LogP) is 3.94. The number of hydrogen-bond acceptors (Lipinski definition) is 5. The number of nitrogens with zero attached hydrogens (tertiary/aromatic N) is 3. The van der Waals surface area contributed by atoms with E-state index in [4.69, 9.17) is 16.3 Å². The molecule has 0 unspecified atom stereocenters. The molecule has 6 nitrogen and oxygen atoms in total. The Kier molecular flexibility index (Phi) is 6.59. The minimum atomic E-state index is -0.325. The Morgan fingerprint density at radius 3 is 2.61 bits per heavy atom. The number of amides is 1. The number of benzene rings is 2. The van der Waals surface area contributed by atoms with E-state index in [1.54, 1.807) is 7.11 Å². The first kappa shape index (κ1) is 20.2. The van der Waals surface area contributed by atoms with E-state index in [2.05, 4.69) is 15.5 Å². The molecule has 146 valence electrons. The van der Waals surface area contributed by atoms with Crippen LogP contribution >= 0.6 is 23.4 Å². The number of aromatic nitrogens is 3. The fourth-order valence-corrected chi connectivity index (χ4v) is 3.63. The first-order valence-electron chi connectivity index (χ1n) is 8.71. The molecule has 0 saturated heterocycles. The molecule has 0 saturated carbocycles. The van der Waals surface area contributed by atoms with Crippen LogP contribution in [0.15, 0.2) is 53.7 Å². The number of carbonyl (C=O) groups is 1. The highest BCUT2D eigenvalue weighted by Gasteiger charge is 2.19. The van der Waals surface area contributed by atoms with Crippen molar-refractivity contribution in [2.45, 2.75) is 23.9 Å². The Balaban J connectivity index is 1.63. The molecule has 1 aromatic heterocycles. The Morgan fingerprint density at radius 2 is 1.93 bits per heavy atom. The predicted molar refractivity (Wildman–Crippen MR) is 112 cm³/mol. The molecule has 0 aliphatic heterocycles. The summed E-state index contributed by atoms with van der Waals surface area (Å²) >= 11 is 7.49. The maximum atomic E-state index is 12.4. The third-order valence-electron chi connectivity index (χ3n) is 4.25. The number of nitrogens with one attached hydrogen (secondary N) is 1. The van der Waals surface area contributed by atoms with E-state index < -0.39 is 0 Å². The monoisotopic (exact) mass is 416 g/mol. The van der Waals surface area contributed by atoms with Gasteiger partial charge in [-0.25, -0.2) is 0 Å². The molecular weight excluding hydrogens is 396 g/mol. The summed E-state index contributed by atoms with van der Waals surface area (Å²) in [7, 11) is 3.51. The molecule has 3 aromatic rings. The lowest BCUT2D eigenvalue weighted by Gasteiger charge is -2.12. The molecule has 1 heterocycles. The lowest BCUT2D eigenvalue weighted by atomic mass is 10.2. The van der Waals surface area contributed by atoms with Crippen LogP contribution < -0.4 is 10.1 Å². The zero-order valence-electron chi connectivity index (χ0n) is 15.8. The Labute approximate surface area is 173 Å². The lowest BCUT2D eigenvalue weighted by Crippen LogP contribution is -2.30. The van der Waals surface area contributed by atoms with Crippen LogP contribution in [0.1, 0.15) is 12.5 Å². The van der Waals surface area contributed by atoms with Gasteiger partial charge in [-0.3, -0.25) is 4.79 Å². The van der Waals surface area contributed by atoms with Crippen LogP contribution in [0.5, 0.6) is 5.75 Å². The van der Waals surface area contributed by atoms with Crippen molar-refractivity contribution in [1.29, 1.82) is 0 Å². The lowest BCUT2D eigenvalue weighted by molar-refractivity contribution is -0.120. The van der Waals surface area contributed by atoms with Crippen molar-refractivity contribution in [3.63, 3.8) is 0 Å². The van der Waals surface area contributed by atoms with E-state index in [0.717, 1.165) is 22.7 Å². The van der Waals surface area contributed by atoms with Crippen LogP contribution in [0.3, 0.4) is 0 Å². The van der Waals surface area contributed by atoms with Gasteiger partial charge in [0.1, 0.15) is 5.75 Å². The van der Waals surface area contributed by atoms with E-state index in [0.29, 0.717) is 16.7 Å². The molecule has 0 bridgehead atoms. The van der Waals surface area contributed by atoms with Crippen molar-refractivity contribution < 1.29 is 9.53 Å². The third kappa shape index (κ3) is 4.66. The number of rotatable bonds is 7. The van der Waals surface area contributed by atoms with Gasteiger partial charge in [0.2, 0.25) is 5.91 Å². The molecular formula is C20H21ClN4O2S. The number of methoxy groups -OCH3 is 1. The molecule has 2 aromatic carbocycles. The standard InChI is InChI=1S/C20H21ClN4O2S/c1-13(19(26)22-12-15-6-4-5-7-17(15)21)28-20-24-23-18(25(20)2)14-8-10-16(27-3)11-9-14/h4-11,13H,12H2,1-3H3,(H,22,26)/t13-/m1/s1. The summed E-state index contributed by atoms with van der Waals surface area (Å²) in [5.74, 6) is 1.43. The van der Waals surface area contributed by atoms with Crippen LogP contribution in [-0.2, 0) is 18.4 Å². The zero-order valence-corrected chi connectivity index (χ0v) is 17.4. The summed E-state index contributed by atoms with van der Waals surface area (Å²) in [5, 5.41) is 12.4. The van der Waals surface area contributed by atoms with Crippen LogP contribution in [-0.4, -0.2) is 33.0 Å². The number of thioether (sulfide) groups is 1. The highest BCUT2D eigenvalue weighted by atomic mass is 35.5. The van der Waals surface area contributed by atoms with E-state index >= 15 is 0 Å². The SMILES string of the molecule is COc1ccc(-c2nnc(S[C@H](C)C(=O)NCc3ccccc3Cl)n2C)cc1. The maximum absolute atomic E-state index is 12.4. The van der Waals surface area contributed by atoms with Gasteiger partial charge < -0.3 is 14.6 Å². The van der Waals surface area contributed by atoms with Gasteiger partial charge in [0, 0.05) is 24.2 Å². The van der Waals surface area contributed by atoms with Crippen molar-refractivity contribution in [2.75, 3.05) is 7.11 Å². The minimum absolute atomic E-state index is 0.0843. The maximum Gasteiger partial charge on any atom is 0.233 e. The van der Waals surface area contributed by atoms with Gasteiger partial charge in [-0.1, -0.05) is 41.6 Å². The molecule has 3 rings (SSSR count). The van der Waals surface area contributed by atoms with Gasteiger partial charge in [0.15, 0.2) is 11.0 Å². The largest absolute Gasteiger partial charge is 0.497 e. The second-order valence-corrected chi connectivity index (χ2v) is 7.88. The summed E-state index contributed by atoms with van der Waals surface area (Å²) in [4.78, 5) is 12.4. The fourth-order valence-electron chi connectivity index (χ4n) is 2.59. The van der Waals surface area contributed by atoms with Crippen LogP contribution in [0.2, 0.25) is 5.02 Å². The quantitative estimate of drug-likeness (QED) is 0.591. The summed E-state index contributed by atoms with van der Waals surface area (Å²) in [5.41, 5.74) is 1.81. The van der Waals surface area contributed by atoms with E-state index in [1.165, 1.54) is 11.8 Å². The topological polar surface area (TPSA) is 69.0 Å². The Morgan fingerprint density at radius 1 is 1.21 bits per heavy atom. The molecule has 1 atom stereocenters. The second kappa shape index (κ2) is 9.12. The van der Waals surface area contributed by atoms with Gasteiger partial charge in [-0.05, 0) is 42.8 Å². The molecule has 0 radical (unpaired) electrons. The number of hydrogen-bond donors (Lipinski definition) is 1.